The molecule has 0 heterocycles. The Morgan fingerprint density at radius 2 is 1.72 bits per heavy atom. The first-order valence-corrected chi connectivity index (χ1v) is 10.8. The third-order valence-electron chi connectivity index (χ3n) is 9.06. The number of hydrogen-bond acceptors (Lipinski definition) is 6. The minimum Gasteiger partial charge on any atom is -0.451 e. The fourth-order valence-electron chi connectivity index (χ4n) is 7.63. The summed E-state index contributed by atoms with van der Waals surface area (Å²) < 4.78 is 5.73. The molecule has 0 spiro atoms. The molecule has 0 aromatic rings. The first kappa shape index (κ1) is 20.7. The van der Waals surface area contributed by atoms with Crippen LogP contribution in [0.4, 0.5) is 0 Å². The van der Waals surface area contributed by atoms with E-state index in [2.05, 4.69) is 6.92 Å². The molecule has 4 aliphatic carbocycles. The van der Waals surface area contributed by atoms with E-state index in [4.69, 9.17) is 4.74 Å². The number of ketones is 2. The van der Waals surface area contributed by atoms with Gasteiger partial charge in [0.25, 0.3) is 0 Å². The van der Waals surface area contributed by atoms with Crippen molar-refractivity contribution in [2.24, 2.45) is 28.6 Å². The Bertz CT molecular complexity index is 801. The number of fused-ring (bicyclic) bond motifs is 5. The summed E-state index contributed by atoms with van der Waals surface area (Å²) in [6, 6.07) is 0. The van der Waals surface area contributed by atoms with Crippen molar-refractivity contribution in [2.75, 3.05) is 0 Å². The molecule has 160 valence electrons. The summed E-state index contributed by atoms with van der Waals surface area (Å²) in [7, 11) is 0. The van der Waals surface area contributed by atoms with Crippen LogP contribution in [0.2, 0.25) is 0 Å². The predicted molar refractivity (Wildman–Crippen MR) is 105 cm³/mol. The summed E-state index contributed by atoms with van der Waals surface area (Å²) >= 11 is 0. The maximum absolute atomic E-state index is 12.8. The van der Waals surface area contributed by atoms with Crippen LogP contribution in [0.15, 0.2) is 11.6 Å². The van der Waals surface area contributed by atoms with E-state index >= 15 is 0 Å². The summed E-state index contributed by atoms with van der Waals surface area (Å²) in [6.45, 7) is 6.95. The number of carbonyl (C=O) groups excluding carboxylic acids is 3. The van der Waals surface area contributed by atoms with Crippen molar-refractivity contribution >= 4 is 17.5 Å². The highest BCUT2D eigenvalue weighted by atomic mass is 16.6. The van der Waals surface area contributed by atoms with Gasteiger partial charge in [-0.25, -0.2) is 0 Å². The maximum atomic E-state index is 12.8. The Hall–Kier alpha value is -1.53. The fraction of sp³-hybridized carbons (Fsp3) is 0.783. The van der Waals surface area contributed by atoms with Crippen LogP contribution in [0.1, 0.15) is 66.2 Å². The molecular weight excluding hydrogens is 372 g/mol. The average Bonchev–Trinajstić information content (AvgIpc) is 2.94. The minimum atomic E-state index is -1.17. The zero-order valence-corrected chi connectivity index (χ0v) is 17.7. The lowest BCUT2D eigenvalue weighted by molar-refractivity contribution is -0.197. The summed E-state index contributed by atoms with van der Waals surface area (Å²) in [5.74, 6) is -0.706. The number of carbonyl (C=O) groups is 3. The molecule has 29 heavy (non-hydrogen) atoms. The summed E-state index contributed by atoms with van der Waals surface area (Å²) in [5.41, 5.74) is -1.41. The molecule has 6 heteroatoms. The fourth-order valence-corrected chi connectivity index (χ4v) is 7.63. The van der Waals surface area contributed by atoms with Crippen LogP contribution >= 0.6 is 0 Å². The molecule has 0 aliphatic heterocycles. The van der Waals surface area contributed by atoms with E-state index in [0.717, 1.165) is 6.42 Å². The van der Waals surface area contributed by atoms with Crippen molar-refractivity contribution in [2.45, 2.75) is 84.0 Å². The van der Waals surface area contributed by atoms with Crippen LogP contribution < -0.4 is 0 Å². The summed E-state index contributed by atoms with van der Waals surface area (Å²) in [5, 5.41) is 22.1. The van der Waals surface area contributed by atoms with Gasteiger partial charge in [0.1, 0.15) is 6.10 Å². The van der Waals surface area contributed by atoms with Crippen LogP contribution in [0.5, 0.6) is 0 Å². The molecule has 0 amide bonds. The van der Waals surface area contributed by atoms with E-state index in [1.807, 2.05) is 6.92 Å². The van der Waals surface area contributed by atoms with E-state index in [-0.39, 0.29) is 34.7 Å². The summed E-state index contributed by atoms with van der Waals surface area (Å²) in [6.07, 6.45) is 3.21. The molecule has 4 aliphatic rings. The number of esters is 1. The van der Waals surface area contributed by atoms with Gasteiger partial charge in [0.15, 0.2) is 17.2 Å². The molecule has 3 saturated carbocycles. The number of aliphatic hydroxyl groups excluding tert-OH is 2. The second kappa shape index (κ2) is 6.48. The molecule has 0 unspecified atom stereocenters. The highest BCUT2D eigenvalue weighted by Crippen LogP contribution is 2.68. The van der Waals surface area contributed by atoms with Gasteiger partial charge in [-0.3, -0.25) is 14.4 Å². The molecule has 2 N–H and O–H groups in total. The van der Waals surface area contributed by atoms with Crippen molar-refractivity contribution in [3.05, 3.63) is 11.6 Å². The zero-order chi connectivity index (χ0) is 21.4. The molecule has 0 aromatic carbocycles. The lowest BCUT2D eigenvalue weighted by atomic mass is 9.45. The molecule has 0 aromatic heterocycles. The largest absolute Gasteiger partial charge is 0.451 e. The third-order valence-corrected chi connectivity index (χ3v) is 9.06. The lowest BCUT2D eigenvalue weighted by Gasteiger charge is -2.61. The molecular formula is C23H32O6. The monoisotopic (exact) mass is 404 g/mol. The third kappa shape index (κ3) is 2.57. The van der Waals surface area contributed by atoms with Gasteiger partial charge in [-0.1, -0.05) is 13.8 Å². The maximum Gasteiger partial charge on any atom is 0.303 e. The van der Waals surface area contributed by atoms with Gasteiger partial charge < -0.3 is 14.9 Å². The second-order valence-corrected chi connectivity index (χ2v) is 10.2. The van der Waals surface area contributed by atoms with Crippen LogP contribution in [0.25, 0.3) is 0 Å². The lowest BCUT2D eigenvalue weighted by Crippen LogP contribution is -2.63. The quantitative estimate of drug-likeness (QED) is 0.685. The summed E-state index contributed by atoms with van der Waals surface area (Å²) in [4.78, 5) is 36.7. The Labute approximate surface area is 171 Å². The first-order chi connectivity index (χ1) is 13.5. The predicted octanol–water partition coefficient (Wildman–Crippen LogP) is 2.35. The van der Waals surface area contributed by atoms with Crippen molar-refractivity contribution in [3.8, 4) is 0 Å². The van der Waals surface area contributed by atoms with E-state index in [1.54, 1.807) is 6.08 Å². The van der Waals surface area contributed by atoms with Gasteiger partial charge in [0.2, 0.25) is 0 Å². The van der Waals surface area contributed by atoms with Crippen LogP contribution in [-0.4, -0.2) is 45.6 Å². The van der Waals surface area contributed by atoms with Crippen LogP contribution in [0, 0.1) is 28.6 Å². The van der Waals surface area contributed by atoms with E-state index < -0.39 is 29.2 Å². The standard InChI is InChI=1S/C23H32O6/c1-12(24)23(29-13(2)25)10-7-16-18-15(6-9-22(16,23)4)21(3)8-5-14(26)11-17(21)19(27)20(18)28/h11,15-16,18-20,27-28H,5-10H2,1-4H3/t15-,16-,18+,19-,20+,21+,22-,23-/m0/s1. The molecule has 4 rings (SSSR count). The van der Waals surface area contributed by atoms with E-state index in [9.17, 15) is 24.6 Å². The van der Waals surface area contributed by atoms with Gasteiger partial charge in [-0.15, -0.1) is 0 Å². The number of Topliss-reactive ketones (excluding diaryl/α,β-unsaturated/α-hetero) is 1. The SMILES string of the molecule is CC(=O)O[C@]1(C(C)=O)CC[C@H]2[C@@H]3[C@@H](O)[C@@H](O)C4=CC(=O)CC[C@]4(C)[C@H]3CC[C@@]21C. The number of ether oxygens (including phenoxy) is 1. The van der Waals surface area contributed by atoms with Gasteiger partial charge in [-0.2, -0.15) is 0 Å². The first-order valence-electron chi connectivity index (χ1n) is 10.8. The Balaban J connectivity index is 1.78. The van der Waals surface area contributed by atoms with Gasteiger partial charge >= 0.3 is 5.97 Å². The molecule has 0 radical (unpaired) electrons. The normalized spacial score (nSPS) is 48.8. The minimum absolute atomic E-state index is 0.00847. The molecule has 8 atom stereocenters. The van der Waals surface area contributed by atoms with Crippen molar-refractivity contribution in [3.63, 3.8) is 0 Å². The smallest absolute Gasteiger partial charge is 0.303 e. The van der Waals surface area contributed by atoms with E-state index in [1.165, 1.54) is 13.8 Å². The molecule has 0 bridgehead atoms. The Morgan fingerprint density at radius 3 is 2.34 bits per heavy atom. The number of aliphatic hydroxyl groups is 2. The second-order valence-electron chi connectivity index (χ2n) is 10.2. The number of hydrogen-bond donors (Lipinski definition) is 2. The van der Waals surface area contributed by atoms with Gasteiger partial charge in [0.05, 0.1) is 6.10 Å². The molecule has 6 nitrogen and oxygen atoms in total. The molecule has 0 saturated heterocycles. The Morgan fingerprint density at radius 1 is 1.07 bits per heavy atom. The zero-order valence-electron chi connectivity index (χ0n) is 17.7. The topological polar surface area (TPSA) is 101 Å². The highest BCUT2D eigenvalue weighted by molar-refractivity contribution is 5.92. The average molecular weight is 405 g/mol. The Kier molecular flexibility index (Phi) is 4.63. The van der Waals surface area contributed by atoms with Crippen LogP contribution in [0.3, 0.4) is 0 Å². The number of rotatable bonds is 2. The highest BCUT2D eigenvalue weighted by Gasteiger charge is 2.70. The van der Waals surface area contributed by atoms with E-state index in [0.29, 0.717) is 37.7 Å². The van der Waals surface area contributed by atoms with Crippen molar-refractivity contribution in [1.29, 1.82) is 0 Å². The molecule has 3 fully saturated rings. The van der Waals surface area contributed by atoms with Crippen molar-refractivity contribution < 1.29 is 29.3 Å². The van der Waals surface area contributed by atoms with Crippen molar-refractivity contribution in [1.82, 2.24) is 0 Å². The van der Waals surface area contributed by atoms with Gasteiger partial charge in [-0.05, 0) is 73.8 Å². The van der Waals surface area contributed by atoms with Crippen LogP contribution in [-0.2, 0) is 19.1 Å². The van der Waals surface area contributed by atoms with Gasteiger partial charge in [0, 0.05) is 18.8 Å².